The van der Waals surface area contributed by atoms with Gasteiger partial charge in [0.05, 0.1) is 11.1 Å². The van der Waals surface area contributed by atoms with Gasteiger partial charge in [0.25, 0.3) is 0 Å². The lowest BCUT2D eigenvalue weighted by atomic mass is 9.97. The van der Waals surface area contributed by atoms with Crippen LogP contribution in [0.5, 0.6) is 0 Å². The second-order valence-electron chi connectivity index (χ2n) is 6.69. The number of anilines is 1. The highest BCUT2D eigenvalue weighted by molar-refractivity contribution is 5.86. The first kappa shape index (κ1) is 17.1. The molecule has 2 N–H and O–H groups in total. The molecule has 0 aromatic heterocycles. The number of carbonyl (C=O) groups is 1. The molecule has 1 aliphatic carbocycles. The normalized spacial score (nSPS) is 21.2. The van der Waals surface area contributed by atoms with E-state index < -0.39 is 17.3 Å². The number of nitrogens with zero attached hydrogens (tertiary/aromatic N) is 2. The van der Waals surface area contributed by atoms with E-state index in [1.54, 1.807) is 11.0 Å². The molecule has 1 amide bonds. The van der Waals surface area contributed by atoms with E-state index >= 15 is 0 Å². The number of amides is 1. The van der Waals surface area contributed by atoms with Crippen molar-refractivity contribution in [1.29, 1.82) is 0 Å². The molecule has 2 aliphatic rings. The molecule has 0 spiro atoms. The van der Waals surface area contributed by atoms with E-state index in [4.69, 9.17) is 5.73 Å². The van der Waals surface area contributed by atoms with Gasteiger partial charge in [0.15, 0.2) is 0 Å². The molecule has 1 saturated heterocycles. The highest BCUT2D eigenvalue weighted by atomic mass is 19.4. The van der Waals surface area contributed by atoms with E-state index in [0.29, 0.717) is 31.9 Å². The third-order valence-corrected chi connectivity index (χ3v) is 5.03. The lowest BCUT2D eigenvalue weighted by Gasteiger charge is -2.39. The molecule has 1 saturated carbocycles. The number of halogens is 3. The van der Waals surface area contributed by atoms with Gasteiger partial charge in [-0.25, -0.2) is 0 Å². The zero-order chi connectivity index (χ0) is 17.4. The lowest BCUT2D eigenvalue weighted by Crippen LogP contribution is -2.58. The summed E-state index contributed by atoms with van der Waals surface area (Å²) in [5, 5.41) is 0. The fourth-order valence-electron chi connectivity index (χ4n) is 3.58. The minimum atomic E-state index is -4.35. The number of rotatable bonds is 2. The molecule has 3 rings (SSSR count). The maximum Gasteiger partial charge on any atom is 0.416 e. The Labute approximate surface area is 139 Å². The van der Waals surface area contributed by atoms with E-state index in [0.717, 1.165) is 31.7 Å². The first-order valence-electron chi connectivity index (χ1n) is 8.30. The highest BCUT2D eigenvalue weighted by Crippen LogP contribution is 2.32. The van der Waals surface area contributed by atoms with Gasteiger partial charge in [-0.2, -0.15) is 13.2 Å². The molecule has 24 heavy (non-hydrogen) atoms. The van der Waals surface area contributed by atoms with Gasteiger partial charge in [-0.3, -0.25) is 4.79 Å². The van der Waals surface area contributed by atoms with Gasteiger partial charge in [0, 0.05) is 31.9 Å². The summed E-state index contributed by atoms with van der Waals surface area (Å²) in [7, 11) is 0. The largest absolute Gasteiger partial charge is 0.416 e. The van der Waals surface area contributed by atoms with E-state index in [9.17, 15) is 18.0 Å². The van der Waals surface area contributed by atoms with Gasteiger partial charge >= 0.3 is 6.18 Å². The highest BCUT2D eigenvalue weighted by Gasteiger charge is 2.40. The topological polar surface area (TPSA) is 49.6 Å². The fourth-order valence-corrected chi connectivity index (χ4v) is 3.58. The molecular weight excluding hydrogens is 319 g/mol. The molecule has 132 valence electrons. The van der Waals surface area contributed by atoms with Crippen molar-refractivity contribution in [3.63, 3.8) is 0 Å². The predicted molar refractivity (Wildman–Crippen MR) is 85.6 cm³/mol. The number of nitrogens with two attached hydrogens (primary N) is 1. The summed E-state index contributed by atoms with van der Waals surface area (Å²) < 4.78 is 38.5. The number of benzene rings is 1. The molecule has 2 fully saturated rings. The molecule has 0 radical (unpaired) electrons. The second-order valence-corrected chi connectivity index (χ2v) is 6.69. The van der Waals surface area contributed by atoms with Crippen LogP contribution in [0, 0.1) is 0 Å². The van der Waals surface area contributed by atoms with Gasteiger partial charge in [-0.1, -0.05) is 18.9 Å². The van der Waals surface area contributed by atoms with Crippen LogP contribution >= 0.6 is 0 Å². The van der Waals surface area contributed by atoms with Crippen molar-refractivity contribution in [3.05, 3.63) is 29.8 Å². The van der Waals surface area contributed by atoms with Crippen LogP contribution in [0.25, 0.3) is 0 Å². The van der Waals surface area contributed by atoms with Crippen LogP contribution in [0.3, 0.4) is 0 Å². The average Bonchev–Trinajstić information content (AvgIpc) is 3.02. The van der Waals surface area contributed by atoms with Gasteiger partial charge in [-0.15, -0.1) is 0 Å². The van der Waals surface area contributed by atoms with Crippen LogP contribution in [0.4, 0.5) is 18.9 Å². The summed E-state index contributed by atoms with van der Waals surface area (Å²) in [6.07, 6.45) is -0.944. The van der Waals surface area contributed by atoms with Crippen molar-refractivity contribution < 1.29 is 18.0 Å². The number of hydrogen-bond acceptors (Lipinski definition) is 3. The predicted octanol–water partition coefficient (Wildman–Crippen LogP) is 2.63. The van der Waals surface area contributed by atoms with Crippen LogP contribution in [0.15, 0.2) is 24.3 Å². The summed E-state index contributed by atoms with van der Waals surface area (Å²) in [6.45, 7) is 2.02. The lowest BCUT2D eigenvalue weighted by molar-refractivity contribution is -0.137. The van der Waals surface area contributed by atoms with Crippen molar-refractivity contribution in [1.82, 2.24) is 4.90 Å². The van der Waals surface area contributed by atoms with E-state index in [1.807, 2.05) is 4.90 Å². The molecule has 7 heteroatoms. The first-order chi connectivity index (χ1) is 11.3. The van der Waals surface area contributed by atoms with Crippen LogP contribution in [0.2, 0.25) is 0 Å². The molecule has 4 nitrogen and oxygen atoms in total. The standard InChI is InChI=1S/C17H22F3N3O/c18-17(19,20)13-4-3-5-14(12-13)22-8-10-23(11-9-22)15(24)16(21)6-1-2-7-16/h3-5,12H,1-2,6-11,21H2. The quantitative estimate of drug-likeness (QED) is 0.900. The zero-order valence-electron chi connectivity index (χ0n) is 13.5. The van der Waals surface area contributed by atoms with Gasteiger partial charge in [0.1, 0.15) is 0 Å². The number of alkyl halides is 3. The average molecular weight is 341 g/mol. The van der Waals surface area contributed by atoms with E-state index in [2.05, 4.69) is 0 Å². The van der Waals surface area contributed by atoms with Crippen LogP contribution in [0.1, 0.15) is 31.2 Å². The van der Waals surface area contributed by atoms with Crippen LogP contribution in [-0.2, 0) is 11.0 Å². The Morgan fingerprint density at radius 1 is 1.08 bits per heavy atom. The van der Waals surface area contributed by atoms with Crippen molar-refractivity contribution >= 4 is 11.6 Å². The molecular formula is C17H22F3N3O. The molecule has 1 aliphatic heterocycles. The summed E-state index contributed by atoms with van der Waals surface area (Å²) in [5.74, 6) is -0.0105. The maximum absolute atomic E-state index is 12.8. The van der Waals surface area contributed by atoms with Gasteiger partial charge in [0.2, 0.25) is 5.91 Å². The van der Waals surface area contributed by atoms with Gasteiger partial charge in [-0.05, 0) is 31.0 Å². The Morgan fingerprint density at radius 3 is 2.29 bits per heavy atom. The molecule has 0 atom stereocenters. The summed E-state index contributed by atoms with van der Waals surface area (Å²) in [4.78, 5) is 16.2. The monoisotopic (exact) mass is 341 g/mol. The zero-order valence-corrected chi connectivity index (χ0v) is 13.5. The molecule has 1 heterocycles. The number of piperazine rings is 1. The Morgan fingerprint density at radius 2 is 1.71 bits per heavy atom. The van der Waals surface area contributed by atoms with Gasteiger partial charge < -0.3 is 15.5 Å². The second kappa shape index (κ2) is 6.27. The summed E-state index contributed by atoms with van der Waals surface area (Å²) >= 11 is 0. The fraction of sp³-hybridized carbons (Fsp3) is 0.588. The van der Waals surface area contributed by atoms with Crippen LogP contribution < -0.4 is 10.6 Å². The maximum atomic E-state index is 12.8. The number of carbonyl (C=O) groups excluding carboxylic acids is 1. The Balaban J connectivity index is 1.64. The third kappa shape index (κ3) is 3.36. The summed E-state index contributed by atoms with van der Waals surface area (Å²) in [5.41, 5.74) is 5.37. The molecule has 0 bridgehead atoms. The minimum Gasteiger partial charge on any atom is -0.368 e. The first-order valence-corrected chi connectivity index (χ1v) is 8.30. The Hall–Kier alpha value is -1.76. The Kier molecular flexibility index (Phi) is 4.46. The van der Waals surface area contributed by atoms with Crippen LogP contribution in [-0.4, -0.2) is 42.5 Å². The van der Waals surface area contributed by atoms with Crippen molar-refractivity contribution in [2.24, 2.45) is 5.73 Å². The minimum absolute atomic E-state index is 0.0105. The van der Waals surface area contributed by atoms with E-state index in [-0.39, 0.29) is 5.91 Å². The molecule has 1 aromatic rings. The van der Waals surface area contributed by atoms with E-state index in [1.165, 1.54) is 12.1 Å². The van der Waals surface area contributed by atoms with Crippen molar-refractivity contribution in [2.75, 3.05) is 31.1 Å². The molecule has 0 unspecified atom stereocenters. The summed E-state index contributed by atoms with van der Waals surface area (Å²) in [6, 6.07) is 5.33. The number of hydrogen-bond donors (Lipinski definition) is 1. The third-order valence-electron chi connectivity index (χ3n) is 5.03. The van der Waals surface area contributed by atoms with Crippen molar-refractivity contribution in [2.45, 2.75) is 37.4 Å². The molecule has 1 aromatic carbocycles. The Bertz CT molecular complexity index is 603. The smallest absolute Gasteiger partial charge is 0.368 e. The SMILES string of the molecule is NC1(C(=O)N2CCN(c3cccc(C(F)(F)F)c3)CC2)CCCC1. The van der Waals surface area contributed by atoms with Crippen molar-refractivity contribution in [3.8, 4) is 0 Å².